The number of aromatic nitrogens is 3. The van der Waals surface area contributed by atoms with Gasteiger partial charge in [0, 0.05) is 5.39 Å². The highest BCUT2D eigenvalue weighted by atomic mass is 32.1. The first-order valence-corrected chi connectivity index (χ1v) is 4.10. The molecular weight excluding hydrogens is 158 g/mol. The van der Waals surface area contributed by atoms with Gasteiger partial charge in [-0.2, -0.15) is 14.6 Å². The van der Waals surface area contributed by atoms with Gasteiger partial charge in [-0.1, -0.05) is 0 Å². The zero-order chi connectivity index (χ0) is 7.84. The van der Waals surface area contributed by atoms with Gasteiger partial charge < -0.3 is 0 Å². The van der Waals surface area contributed by atoms with Crippen molar-refractivity contribution in [2.24, 2.45) is 0 Å². The van der Waals surface area contributed by atoms with Gasteiger partial charge in [-0.05, 0) is 25.4 Å². The molecule has 0 saturated carbocycles. The fourth-order valence-corrected chi connectivity index (χ4v) is 1.81. The van der Waals surface area contributed by atoms with E-state index in [1.54, 1.807) is 6.20 Å². The maximum Gasteiger partial charge on any atom is 0.0799 e. The van der Waals surface area contributed by atoms with Crippen LogP contribution < -0.4 is 0 Å². The SMILES string of the molecule is Cc1nsc2c(C)nncc12. The van der Waals surface area contributed by atoms with E-state index in [4.69, 9.17) is 0 Å². The second-order valence-electron chi connectivity index (χ2n) is 2.44. The molecule has 0 atom stereocenters. The van der Waals surface area contributed by atoms with Crippen LogP contribution in [0.2, 0.25) is 0 Å². The van der Waals surface area contributed by atoms with Crippen LogP contribution >= 0.6 is 11.5 Å². The average molecular weight is 165 g/mol. The molecule has 56 valence electrons. The van der Waals surface area contributed by atoms with Gasteiger partial charge >= 0.3 is 0 Å². The zero-order valence-electron chi connectivity index (χ0n) is 6.33. The Bertz CT molecular complexity index is 393. The summed E-state index contributed by atoms with van der Waals surface area (Å²) in [6.45, 7) is 3.94. The van der Waals surface area contributed by atoms with Crippen LogP contribution in [0, 0.1) is 13.8 Å². The minimum absolute atomic E-state index is 0.966. The van der Waals surface area contributed by atoms with Gasteiger partial charge in [0.15, 0.2) is 0 Å². The first-order valence-electron chi connectivity index (χ1n) is 3.33. The van der Waals surface area contributed by atoms with E-state index in [2.05, 4.69) is 14.6 Å². The molecule has 0 saturated heterocycles. The standard InChI is InChI=1S/C7H7N3S/c1-4-6-3-8-9-5(2)7(6)11-10-4/h3H,1-2H3. The third kappa shape index (κ3) is 0.903. The first kappa shape index (κ1) is 6.67. The minimum atomic E-state index is 0.966. The summed E-state index contributed by atoms with van der Waals surface area (Å²) in [5, 5.41) is 8.93. The fraction of sp³-hybridized carbons (Fsp3) is 0.286. The predicted octanol–water partition coefficient (Wildman–Crippen LogP) is 1.70. The number of fused-ring (bicyclic) bond motifs is 1. The molecule has 0 aliphatic carbocycles. The molecule has 0 aromatic carbocycles. The normalized spacial score (nSPS) is 10.7. The number of aryl methyl sites for hydroxylation is 2. The molecule has 0 radical (unpaired) electrons. The van der Waals surface area contributed by atoms with E-state index in [-0.39, 0.29) is 0 Å². The molecule has 0 aliphatic heterocycles. The quantitative estimate of drug-likeness (QED) is 0.596. The molecule has 0 fully saturated rings. The van der Waals surface area contributed by atoms with E-state index in [0.29, 0.717) is 0 Å². The highest BCUT2D eigenvalue weighted by Crippen LogP contribution is 2.22. The highest BCUT2D eigenvalue weighted by Gasteiger charge is 2.04. The van der Waals surface area contributed by atoms with Crippen molar-refractivity contribution in [1.82, 2.24) is 14.6 Å². The lowest BCUT2D eigenvalue weighted by Gasteiger charge is -1.89. The average Bonchev–Trinajstić information content (AvgIpc) is 2.35. The Morgan fingerprint density at radius 3 is 2.82 bits per heavy atom. The molecule has 2 rings (SSSR count). The topological polar surface area (TPSA) is 38.7 Å². The molecule has 2 heterocycles. The van der Waals surface area contributed by atoms with Crippen molar-refractivity contribution >= 4 is 21.6 Å². The van der Waals surface area contributed by atoms with Gasteiger partial charge in [0.05, 0.1) is 22.3 Å². The summed E-state index contributed by atoms with van der Waals surface area (Å²) in [7, 11) is 0. The molecular formula is C7H7N3S. The summed E-state index contributed by atoms with van der Waals surface area (Å²) in [5.41, 5.74) is 2.01. The van der Waals surface area contributed by atoms with E-state index in [1.165, 1.54) is 11.5 Å². The van der Waals surface area contributed by atoms with Gasteiger partial charge in [0.25, 0.3) is 0 Å². The summed E-state index contributed by atoms with van der Waals surface area (Å²) >= 11 is 1.49. The first-order chi connectivity index (χ1) is 5.29. The number of hydrogen-bond donors (Lipinski definition) is 0. The fourth-order valence-electron chi connectivity index (χ4n) is 1.01. The van der Waals surface area contributed by atoms with Gasteiger partial charge in [0.1, 0.15) is 0 Å². The third-order valence-corrected chi connectivity index (χ3v) is 2.69. The van der Waals surface area contributed by atoms with Crippen LogP contribution in [0.4, 0.5) is 0 Å². The molecule has 3 nitrogen and oxygen atoms in total. The summed E-state index contributed by atoms with van der Waals surface area (Å²) in [4.78, 5) is 0. The lowest BCUT2D eigenvalue weighted by atomic mass is 10.3. The molecule has 2 aromatic heterocycles. The van der Waals surface area contributed by atoms with Gasteiger partial charge in [-0.15, -0.1) is 0 Å². The molecule has 11 heavy (non-hydrogen) atoms. The van der Waals surface area contributed by atoms with E-state index in [0.717, 1.165) is 21.5 Å². The van der Waals surface area contributed by atoms with Crippen LogP contribution in [0.5, 0.6) is 0 Å². The molecule has 0 N–H and O–H groups in total. The van der Waals surface area contributed by atoms with Crippen LogP contribution in [-0.2, 0) is 0 Å². The Balaban J connectivity index is 2.94. The van der Waals surface area contributed by atoms with Crippen molar-refractivity contribution in [3.8, 4) is 0 Å². The maximum absolute atomic E-state index is 4.22. The van der Waals surface area contributed by atoms with Crippen LogP contribution in [-0.4, -0.2) is 14.6 Å². The van der Waals surface area contributed by atoms with Crippen LogP contribution in [0.3, 0.4) is 0 Å². The largest absolute Gasteiger partial charge is 0.197 e. The number of rotatable bonds is 0. The lowest BCUT2D eigenvalue weighted by molar-refractivity contribution is 1.00. The van der Waals surface area contributed by atoms with Crippen molar-refractivity contribution in [2.75, 3.05) is 0 Å². The monoisotopic (exact) mass is 165 g/mol. The smallest absolute Gasteiger partial charge is 0.0799 e. The summed E-state index contributed by atoms with van der Waals surface area (Å²) < 4.78 is 5.37. The van der Waals surface area contributed by atoms with Gasteiger partial charge in [-0.25, -0.2) is 0 Å². The van der Waals surface area contributed by atoms with Crippen molar-refractivity contribution < 1.29 is 0 Å². The molecule has 0 bridgehead atoms. The Kier molecular flexibility index (Phi) is 1.35. The van der Waals surface area contributed by atoms with Crippen molar-refractivity contribution in [3.05, 3.63) is 17.6 Å². The van der Waals surface area contributed by atoms with Gasteiger partial charge in [0.2, 0.25) is 0 Å². The maximum atomic E-state index is 4.22. The molecule has 4 heteroatoms. The lowest BCUT2D eigenvalue weighted by Crippen LogP contribution is -1.84. The van der Waals surface area contributed by atoms with Crippen LogP contribution in [0.15, 0.2) is 6.20 Å². The second kappa shape index (κ2) is 2.23. The molecule has 0 amide bonds. The number of hydrogen-bond acceptors (Lipinski definition) is 4. The minimum Gasteiger partial charge on any atom is -0.197 e. The summed E-state index contributed by atoms with van der Waals surface area (Å²) in [6, 6.07) is 0. The Morgan fingerprint density at radius 2 is 2.09 bits per heavy atom. The van der Waals surface area contributed by atoms with Crippen LogP contribution in [0.1, 0.15) is 11.4 Å². The predicted molar refractivity (Wildman–Crippen MR) is 44.7 cm³/mol. The number of nitrogens with zero attached hydrogens (tertiary/aromatic N) is 3. The van der Waals surface area contributed by atoms with E-state index >= 15 is 0 Å². The summed E-state index contributed by atoms with van der Waals surface area (Å²) in [5.74, 6) is 0. The van der Waals surface area contributed by atoms with Crippen molar-refractivity contribution in [3.63, 3.8) is 0 Å². The van der Waals surface area contributed by atoms with Crippen molar-refractivity contribution in [2.45, 2.75) is 13.8 Å². The van der Waals surface area contributed by atoms with E-state index in [1.807, 2.05) is 13.8 Å². The van der Waals surface area contributed by atoms with E-state index < -0.39 is 0 Å². The van der Waals surface area contributed by atoms with Crippen molar-refractivity contribution in [1.29, 1.82) is 0 Å². The molecule has 0 spiro atoms. The Labute approximate surface area is 68.3 Å². The molecule has 0 unspecified atom stereocenters. The van der Waals surface area contributed by atoms with Gasteiger partial charge in [-0.3, -0.25) is 0 Å². The zero-order valence-corrected chi connectivity index (χ0v) is 7.14. The molecule has 2 aromatic rings. The summed E-state index contributed by atoms with van der Waals surface area (Å²) in [6.07, 6.45) is 1.77. The Morgan fingerprint density at radius 1 is 1.27 bits per heavy atom. The Hall–Kier alpha value is -1.03. The second-order valence-corrected chi connectivity index (χ2v) is 3.21. The highest BCUT2D eigenvalue weighted by molar-refractivity contribution is 7.13. The third-order valence-electron chi connectivity index (χ3n) is 1.63. The van der Waals surface area contributed by atoms with Crippen LogP contribution in [0.25, 0.3) is 10.1 Å². The van der Waals surface area contributed by atoms with E-state index in [9.17, 15) is 0 Å². The molecule has 0 aliphatic rings.